The Balaban J connectivity index is 1.48. The zero-order valence-corrected chi connectivity index (χ0v) is 21.1. The van der Waals surface area contributed by atoms with Crippen LogP contribution in [-0.2, 0) is 11.4 Å². The molecule has 36 heavy (non-hydrogen) atoms. The Morgan fingerprint density at radius 2 is 1.47 bits per heavy atom. The lowest BCUT2D eigenvalue weighted by Crippen LogP contribution is -2.21. The maximum Gasteiger partial charge on any atom is 0.281 e. The molecule has 4 aromatic rings. The van der Waals surface area contributed by atoms with E-state index in [0.717, 1.165) is 11.1 Å². The molecule has 0 unspecified atom stereocenters. The van der Waals surface area contributed by atoms with E-state index in [9.17, 15) is 4.79 Å². The van der Waals surface area contributed by atoms with Gasteiger partial charge in [-0.05, 0) is 53.6 Å². The van der Waals surface area contributed by atoms with Gasteiger partial charge in [-0.15, -0.1) is 0 Å². The fraction of sp³-hybridized carbons (Fsp3) is 0.0345. The fourth-order valence-electron chi connectivity index (χ4n) is 3.85. The first-order valence-electron chi connectivity index (χ1n) is 11.1. The highest BCUT2D eigenvalue weighted by atomic mass is 35.5. The third kappa shape index (κ3) is 5.17. The first kappa shape index (κ1) is 24.1. The van der Waals surface area contributed by atoms with Crippen molar-refractivity contribution in [3.63, 3.8) is 0 Å². The second-order valence-electron chi connectivity index (χ2n) is 8.06. The highest BCUT2D eigenvalue weighted by Gasteiger charge is 2.32. The number of halogens is 3. The molecule has 1 aliphatic rings. The van der Waals surface area contributed by atoms with Crippen LogP contribution in [0.4, 0.5) is 5.69 Å². The van der Waals surface area contributed by atoms with E-state index in [4.69, 9.17) is 39.5 Å². The summed E-state index contributed by atoms with van der Waals surface area (Å²) in [5, 5.41) is 7.34. The van der Waals surface area contributed by atoms with Crippen molar-refractivity contribution in [2.45, 2.75) is 6.61 Å². The second kappa shape index (κ2) is 10.6. The normalized spacial score (nSPS) is 14.3. The molecule has 0 bridgehead atoms. The number of para-hydroxylation sites is 1. The van der Waals surface area contributed by atoms with Crippen molar-refractivity contribution in [2.75, 3.05) is 5.01 Å². The number of amides is 1. The van der Waals surface area contributed by atoms with Crippen LogP contribution in [-0.4, -0.2) is 11.6 Å². The SMILES string of the molecule is O=C1/C(=C\c2cc(Cl)c(OCc3cccc(Cl)c3)c(Cl)c2)C(c2ccccc2)=NN1c1ccccc1. The number of ether oxygens (including phenoxy) is 1. The summed E-state index contributed by atoms with van der Waals surface area (Å²) in [6, 6.07) is 29.7. The number of hydrazone groups is 1. The summed E-state index contributed by atoms with van der Waals surface area (Å²) in [6.45, 7) is 0.260. The van der Waals surface area contributed by atoms with Crippen molar-refractivity contribution in [2.24, 2.45) is 5.10 Å². The molecule has 0 aliphatic carbocycles. The summed E-state index contributed by atoms with van der Waals surface area (Å²) >= 11 is 19.1. The zero-order valence-electron chi connectivity index (χ0n) is 18.9. The third-order valence-electron chi connectivity index (χ3n) is 5.53. The number of nitrogens with zero attached hydrogens (tertiary/aromatic N) is 2. The molecule has 7 heteroatoms. The van der Waals surface area contributed by atoms with Crippen LogP contribution >= 0.6 is 34.8 Å². The average molecular weight is 534 g/mol. The molecular weight excluding hydrogens is 515 g/mol. The van der Waals surface area contributed by atoms with Crippen LogP contribution in [0.3, 0.4) is 0 Å². The Bertz CT molecular complexity index is 1460. The second-order valence-corrected chi connectivity index (χ2v) is 9.31. The van der Waals surface area contributed by atoms with E-state index >= 15 is 0 Å². The maximum atomic E-state index is 13.5. The predicted molar refractivity (Wildman–Crippen MR) is 147 cm³/mol. The Hall–Kier alpha value is -3.57. The van der Waals surface area contributed by atoms with E-state index in [1.807, 2.05) is 78.9 Å². The number of anilines is 1. The van der Waals surface area contributed by atoms with Crippen LogP contribution in [0.2, 0.25) is 15.1 Å². The molecule has 0 atom stereocenters. The summed E-state index contributed by atoms with van der Waals surface area (Å²) in [7, 11) is 0. The molecule has 4 nitrogen and oxygen atoms in total. The van der Waals surface area contributed by atoms with Gasteiger partial charge in [0, 0.05) is 10.6 Å². The Labute approximate surface area is 224 Å². The first-order chi connectivity index (χ1) is 17.5. The van der Waals surface area contributed by atoms with Gasteiger partial charge in [0.2, 0.25) is 0 Å². The molecule has 178 valence electrons. The van der Waals surface area contributed by atoms with Crippen LogP contribution in [0.15, 0.2) is 108 Å². The predicted octanol–water partition coefficient (Wildman–Crippen LogP) is 8.06. The van der Waals surface area contributed by atoms with Crippen LogP contribution in [0.25, 0.3) is 6.08 Å². The van der Waals surface area contributed by atoms with Gasteiger partial charge < -0.3 is 4.74 Å². The quantitative estimate of drug-likeness (QED) is 0.235. The Kier molecular flexibility index (Phi) is 7.10. The van der Waals surface area contributed by atoms with Crippen molar-refractivity contribution in [3.8, 4) is 5.75 Å². The van der Waals surface area contributed by atoms with Crippen LogP contribution in [0, 0.1) is 0 Å². The lowest BCUT2D eigenvalue weighted by Gasteiger charge is -2.12. The summed E-state index contributed by atoms with van der Waals surface area (Å²) in [5.74, 6) is 0.120. The minimum Gasteiger partial charge on any atom is -0.486 e. The lowest BCUT2D eigenvalue weighted by molar-refractivity contribution is -0.114. The van der Waals surface area contributed by atoms with Gasteiger partial charge >= 0.3 is 0 Å². The van der Waals surface area contributed by atoms with E-state index in [0.29, 0.717) is 43.4 Å². The van der Waals surface area contributed by atoms with Gasteiger partial charge in [0.15, 0.2) is 5.75 Å². The fourth-order valence-corrected chi connectivity index (χ4v) is 4.67. The largest absolute Gasteiger partial charge is 0.486 e. The van der Waals surface area contributed by atoms with Crippen molar-refractivity contribution in [3.05, 3.63) is 134 Å². The van der Waals surface area contributed by atoms with Gasteiger partial charge in [-0.2, -0.15) is 10.1 Å². The molecule has 5 rings (SSSR count). The number of carbonyl (C=O) groups is 1. The average Bonchev–Trinajstić information content (AvgIpc) is 3.20. The number of rotatable bonds is 6. The highest BCUT2D eigenvalue weighted by molar-refractivity contribution is 6.39. The van der Waals surface area contributed by atoms with Gasteiger partial charge in [-0.3, -0.25) is 4.79 Å². The molecule has 0 N–H and O–H groups in total. The minimum absolute atomic E-state index is 0.242. The summed E-state index contributed by atoms with van der Waals surface area (Å²) in [6.07, 6.45) is 1.75. The molecular formula is C29H19Cl3N2O2. The first-order valence-corrected chi connectivity index (χ1v) is 12.2. The molecule has 0 aromatic heterocycles. The topological polar surface area (TPSA) is 41.9 Å². The smallest absolute Gasteiger partial charge is 0.281 e. The Morgan fingerprint density at radius 1 is 0.806 bits per heavy atom. The van der Waals surface area contributed by atoms with Gasteiger partial charge in [0.25, 0.3) is 5.91 Å². The summed E-state index contributed by atoms with van der Waals surface area (Å²) in [5.41, 5.74) is 4.06. The standard InChI is InChI=1S/C29H19Cl3N2O2/c30-22-11-7-8-19(14-22)18-36-28-25(31)16-20(17-26(28)32)15-24-27(21-9-3-1-4-10-21)33-34(29(24)35)23-12-5-2-6-13-23/h1-17H,18H2/b24-15-. The van der Waals surface area contributed by atoms with Crippen LogP contribution < -0.4 is 9.75 Å². The van der Waals surface area contributed by atoms with Crippen LogP contribution in [0.1, 0.15) is 16.7 Å². The molecule has 0 fully saturated rings. The van der Waals surface area contributed by atoms with Gasteiger partial charge in [0.1, 0.15) is 12.3 Å². The zero-order chi connectivity index (χ0) is 25.1. The number of hydrogen-bond acceptors (Lipinski definition) is 3. The van der Waals surface area contributed by atoms with E-state index in [-0.39, 0.29) is 12.5 Å². The van der Waals surface area contributed by atoms with Crippen molar-refractivity contribution in [1.29, 1.82) is 0 Å². The van der Waals surface area contributed by atoms with E-state index in [1.165, 1.54) is 5.01 Å². The molecule has 4 aromatic carbocycles. The molecule has 0 spiro atoms. The van der Waals surface area contributed by atoms with E-state index in [2.05, 4.69) is 5.10 Å². The van der Waals surface area contributed by atoms with Crippen molar-refractivity contribution in [1.82, 2.24) is 0 Å². The lowest BCUT2D eigenvalue weighted by atomic mass is 10.00. The van der Waals surface area contributed by atoms with Gasteiger partial charge in [-0.1, -0.05) is 95.5 Å². The van der Waals surface area contributed by atoms with Crippen LogP contribution in [0.5, 0.6) is 5.75 Å². The summed E-state index contributed by atoms with van der Waals surface area (Å²) < 4.78 is 5.88. The number of hydrogen-bond donors (Lipinski definition) is 0. The van der Waals surface area contributed by atoms with Crippen molar-refractivity contribution >= 4 is 58.2 Å². The minimum atomic E-state index is -0.242. The molecule has 1 heterocycles. The third-order valence-corrected chi connectivity index (χ3v) is 6.33. The van der Waals surface area contributed by atoms with Gasteiger partial charge in [0.05, 0.1) is 21.3 Å². The monoisotopic (exact) mass is 532 g/mol. The maximum absolute atomic E-state index is 13.5. The number of carbonyl (C=O) groups excluding carboxylic acids is 1. The number of benzene rings is 4. The highest BCUT2D eigenvalue weighted by Crippen LogP contribution is 2.36. The van der Waals surface area contributed by atoms with E-state index in [1.54, 1.807) is 24.3 Å². The molecule has 1 aliphatic heterocycles. The molecule has 0 radical (unpaired) electrons. The Morgan fingerprint density at radius 3 is 2.14 bits per heavy atom. The van der Waals surface area contributed by atoms with Gasteiger partial charge in [-0.25, -0.2) is 0 Å². The molecule has 1 amide bonds. The molecule has 0 saturated carbocycles. The molecule has 0 saturated heterocycles. The van der Waals surface area contributed by atoms with E-state index < -0.39 is 0 Å². The summed E-state index contributed by atoms with van der Waals surface area (Å²) in [4.78, 5) is 13.5. The van der Waals surface area contributed by atoms with Crippen molar-refractivity contribution < 1.29 is 9.53 Å².